The Morgan fingerprint density at radius 1 is 1.71 bits per heavy atom. The molecule has 1 fully saturated rings. The van der Waals surface area contributed by atoms with Crippen molar-refractivity contribution < 1.29 is 19.7 Å². The van der Waals surface area contributed by atoms with E-state index in [2.05, 4.69) is 0 Å². The minimum atomic E-state index is -1.42. The first kappa shape index (κ1) is 13.7. The van der Waals surface area contributed by atoms with E-state index in [1.807, 2.05) is 6.92 Å². The van der Waals surface area contributed by atoms with Crippen LogP contribution in [0.25, 0.3) is 0 Å². The summed E-state index contributed by atoms with van der Waals surface area (Å²) in [7, 11) is 0. The molecule has 0 aromatic rings. The highest BCUT2D eigenvalue weighted by molar-refractivity contribution is 5.89. The predicted molar refractivity (Wildman–Crippen MR) is 62.1 cm³/mol. The maximum absolute atomic E-state index is 11.8. The molecule has 1 aliphatic heterocycles. The number of hydrogen-bond acceptors (Lipinski definition) is 5. The molecule has 0 spiro atoms. The number of nitrogens with zero attached hydrogens (tertiary/aromatic N) is 1. The fourth-order valence-electron chi connectivity index (χ4n) is 1.66. The van der Waals surface area contributed by atoms with Gasteiger partial charge < -0.3 is 25.3 Å². The van der Waals surface area contributed by atoms with Crippen LogP contribution in [0.3, 0.4) is 0 Å². The zero-order valence-electron chi connectivity index (χ0n) is 9.80. The molecule has 96 valence electrons. The van der Waals surface area contributed by atoms with E-state index >= 15 is 0 Å². The maximum atomic E-state index is 11.8. The number of nitrogens with one attached hydrogen (secondary N) is 1. The van der Waals surface area contributed by atoms with Crippen molar-refractivity contribution in [2.45, 2.75) is 25.5 Å². The lowest BCUT2D eigenvalue weighted by molar-refractivity contribution is -0.134. The molecule has 1 saturated heterocycles. The quantitative estimate of drug-likeness (QED) is 0.369. The molecule has 0 saturated carbocycles. The average molecular weight is 242 g/mol. The maximum Gasteiger partial charge on any atom is 0.250 e. The lowest BCUT2D eigenvalue weighted by Gasteiger charge is -2.34. The van der Waals surface area contributed by atoms with Gasteiger partial charge in [0.15, 0.2) is 0 Å². The van der Waals surface area contributed by atoms with Crippen LogP contribution in [0, 0.1) is 5.41 Å². The van der Waals surface area contributed by atoms with Crippen LogP contribution in [-0.2, 0) is 9.53 Å². The van der Waals surface area contributed by atoms with Gasteiger partial charge in [-0.25, -0.2) is 0 Å². The number of rotatable bonds is 4. The Kier molecular flexibility index (Phi) is 5.11. The molecule has 6 heteroatoms. The van der Waals surface area contributed by atoms with Crippen LogP contribution >= 0.6 is 0 Å². The van der Waals surface area contributed by atoms with Gasteiger partial charge in [-0.2, -0.15) is 0 Å². The predicted octanol–water partition coefficient (Wildman–Crippen LogP) is 0.0762. The van der Waals surface area contributed by atoms with E-state index in [4.69, 9.17) is 15.3 Å². The number of ether oxygens (including phenoxy) is 1. The standard InChI is InChI=1S/C11H18N2O4/c1-2-8-7-17-4-3-13(8)11(16)5-9(14)10(15)6-12/h5-6,8,10,12,14-15H,2-4,7H2,1H3/b9-5-,12-6?. The number of morpholine rings is 1. The summed E-state index contributed by atoms with van der Waals surface area (Å²) in [4.78, 5) is 13.5. The molecule has 6 nitrogen and oxygen atoms in total. The van der Waals surface area contributed by atoms with Gasteiger partial charge in [-0.1, -0.05) is 6.92 Å². The van der Waals surface area contributed by atoms with Gasteiger partial charge in [0, 0.05) is 18.8 Å². The summed E-state index contributed by atoms with van der Waals surface area (Å²) in [6.07, 6.45) is 0.979. The van der Waals surface area contributed by atoms with Crippen LogP contribution in [0.15, 0.2) is 11.8 Å². The minimum Gasteiger partial charge on any atom is -0.509 e. The second-order valence-corrected chi connectivity index (χ2v) is 3.85. The van der Waals surface area contributed by atoms with Crippen molar-refractivity contribution in [3.8, 4) is 0 Å². The van der Waals surface area contributed by atoms with E-state index < -0.39 is 11.9 Å². The molecule has 3 N–H and O–H groups in total. The van der Waals surface area contributed by atoms with Crippen LogP contribution in [0.4, 0.5) is 0 Å². The summed E-state index contributed by atoms with van der Waals surface area (Å²) >= 11 is 0. The summed E-state index contributed by atoms with van der Waals surface area (Å²) in [5.41, 5.74) is 0. The SMILES string of the molecule is CCC1COCCN1C(=O)/C=C(\O)C(O)C=N. The van der Waals surface area contributed by atoms with Gasteiger partial charge >= 0.3 is 0 Å². The van der Waals surface area contributed by atoms with Crippen molar-refractivity contribution in [2.24, 2.45) is 0 Å². The van der Waals surface area contributed by atoms with Crippen molar-refractivity contribution in [3.63, 3.8) is 0 Å². The van der Waals surface area contributed by atoms with Crippen molar-refractivity contribution in [3.05, 3.63) is 11.8 Å². The molecule has 0 aromatic heterocycles. The summed E-state index contributed by atoms with van der Waals surface area (Å²) in [5.74, 6) is -0.870. The summed E-state index contributed by atoms with van der Waals surface area (Å²) < 4.78 is 5.26. The third-order valence-electron chi connectivity index (χ3n) is 2.71. The van der Waals surface area contributed by atoms with Crippen LogP contribution < -0.4 is 0 Å². The molecule has 0 aromatic carbocycles. The fourth-order valence-corrected chi connectivity index (χ4v) is 1.66. The van der Waals surface area contributed by atoms with E-state index in [0.29, 0.717) is 26.0 Å². The van der Waals surface area contributed by atoms with Crippen LogP contribution in [0.1, 0.15) is 13.3 Å². The minimum absolute atomic E-state index is 0.00239. The molecule has 0 bridgehead atoms. The molecular formula is C11H18N2O4. The molecular weight excluding hydrogens is 224 g/mol. The molecule has 0 aliphatic carbocycles. The third kappa shape index (κ3) is 3.54. The Labute approximate surface area is 100 Å². The molecule has 1 rings (SSSR count). The van der Waals surface area contributed by atoms with Crippen molar-refractivity contribution in [1.29, 1.82) is 5.41 Å². The van der Waals surface area contributed by atoms with Crippen molar-refractivity contribution >= 4 is 12.1 Å². The highest BCUT2D eigenvalue weighted by Crippen LogP contribution is 2.11. The lowest BCUT2D eigenvalue weighted by atomic mass is 10.1. The molecule has 2 atom stereocenters. The van der Waals surface area contributed by atoms with Crippen LogP contribution in [0.2, 0.25) is 0 Å². The number of hydrogen-bond donors (Lipinski definition) is 3. The smallest absolute Gasteiger partial charge is 0.250 e. The summed E-state index contributed by atoms with van der Waals surface area (Å²) in [6.45, 7) is 3.39. The summed E-state index contributed by atoms with van der Waals surface area (Å²) in [6, 6.07) is -0.00239. The molecule has 0 radical (unpaired) electrons. The monoisotopic (exact) mass is 242 g/mol. The van der Waals surface area contributed by atoms with Gasteiger partial charge in [0.1, 0.15) is 11.9 Å². The number of amides is 1. The number of aliphatic hydroxyl groups is 2. The third-order valence-corrected chi connectivity index (χ3v) is 2.71. The topological polar surface area (TPSA) is 93.8 Å². The number of aliphatic hydroxyl groups excluding tert-OH is 2. The van der Waals surface area contributed by atoms with Gasteiger partial charge in [0.2, 0.25) is 5.91 Å². The van der Waals surface area contributed by atoms with Crippen molar-refractivity contribution in [1.82, 2.24) is 4.90 Å². The van der Waals surface area contributed by atoms with Crippen LogP contribution in [-0.4, -0.2) is 59.1 Å². The second-order valence-electron chi connectivity index (χ2n) is 3.85. The molecule has 17 heavy (non-hydrogen) atoms. The van der Waals surface area contributed by atoms with Gasteiger partial charge in [-0.3, -0.25) is 4.79 Å². The fraction of sp³-hybridized carbons (Fsp3) is 0.636. The number of carbonyl (C=O) groups excluding carboxylic acids is 1. The first-order valence-electron chi connectivity index (χ1n) is 5.57. The first-order chi connectivity index (χ1) is 8.10. The van der Waals surface area contributed by atoms with E-state index in [1.165, 1.54) is 0 Å². The van der Waals surface area contributed by atoms with Gasteiger partial charge in [0.05, 0.1) is 19.3 Å². The molecule has 1 aliphatic rings. The normalized spacial score (nSPS) is 23.3. The highest BCUT2D eigenvalue weighted by atomic mass is 16.5. The Morgan fingerprint density at radius 3 is 3.00 bits per heavy atom. The van der Waals surface area contributed by atoms with Crippen molar-refractivity contribution in [2.75, 3.05) is 19.8 Å². The zero-order valence-corrected chi connectivity index (χ0v) is 9.80. The second kappa shape index (κ2) is 6.36. The average Bonchev–Trinajstić information content (AvgIpc) is 2.37. The summed E-state index contributed by atoms with van der Waals surface area (Å²) in [5, 5.41) is 25.3. The Bertz CT molecular complexity index is 317. The molecule has 1 amide bonds. The van der Waals surface area contributed by atoms with E-state index in [0.717, 1.165) is 12.5 Å². The Hall–Kier alpha value is -1.40. The zero-order chi connectivity index (χ0) is 12.8. The molecule has 1 heterocycles. The van der Waals surface area contributed by atoms with E-state index in [9.17, 15) is 9.90 Å². The van der Waals surface area contributed by atoms with Gasteiger partial charge in [0.25, 0.3) is 0 Å². The first-order valence-corrected chi connectivity index (χ1v) is 5.57. The van der Waals surface area contributed by atoms with E-state index in [1.54, 1.807) is 4.90 Å². The molecule has 2 unspecified atom stereocenters. The van der Waals surface area contributed by atoms with E-state index in [-0.39, 0.29) is 11.9 Å². The highest BCUT2D eigenvalue weighted by Gasteiger charge is 2.25. The Balaban J connectivity index is 2.71. The van der Waals surface area contributed by atoms with Crippen LogP contribution in [0.5, 0.6) is 0 Å². The van der Waals surface area contributed by atoms with Gasteiger partial charge in [-0.15, -0.1) is 0 Å². The van der Waals surface area contributed by atoms with Gasteiger partial charge in [-0.05, 0) is 6.42 Å². The number of carbonyl (C=O) groups is 1. The lowest BCUT2D eigenvalue weighted by Crippen LogP contribution is -2.48. The largest absolute Gasteiger partial charge is 0.509 e. The Morgan fingerprint density at radius 2 is 2.41 bits per heavy atom.